The van der Waals surface area contributed by atoms with Gasteiger partial charge in [0.1, 0.15) is 12.7 Å². The van der Waals surface area contributed by atoms with E-state index in [1.54, 1.807) is 12.5 Å². The van der Waals surface area contributed by atoms with E-state index in [1.807, 2.05) is 17.7 Å². The minimum absolute atomic E-state index is 0. The fraction of sp³-hybridized carbons (Fsp3) is 0.588. The molecule has 2 atom stereocenters. The van der Waals surface area contributed by atoms with Crippen molar-refractivity contribution in [2.24, 2.45) is 0 Å². The van der Waals surface area contributed by atoms with Crippen LogP contribution in [0.2, 0.25) is 0 Å². The van der Waals surface area contributed by atoms with Gasteiger partial charge in [0.15, 0.2) is 0 Å². The number of carbonyl (C=O) groups is 1. The molecule has 1 fully saturated rings. The topological polar surface area (TPSA) is 120 Å². The van der Waals surface area contributed by atoms with Gasteiger partial charge in [-0.05, 0) is 36.2 Å². The first-order valence-corrected chi connectivity index (χ1v) is 10.3. The molecule has 3 heterocycles. The molecule has 1 aromatic heterocycles. The van der Waals surface area contributed by atoms with Crippen molar-refractivity contribution in [1.82, 2.24) is 19.2 Å². The van der Waals surface area contributed by atoms with Gasteiger partial charge in [0, 0.05) is 31.5 Å². The normalized spacial score (nSPS) is 21.9. The number of carbonyl (C=O) groups excluding carboxylic acids is 1. The Morgan fingerprint density at radius 1 is 1.45 bits per heavy atom. The van der Waals surface area contributed by atoms with E-state index in [9.17, 15) is 18.4 Å². The molecule has 0 saturated carbocycles. The molecule has 1 aromatic rings. The second-order valence-corrected chi connectivity index (χ2v) is 7.75. The van der Waals surface area contributed by atoms with Crippen molar-refractivity contribution in [3.05, 3.63) is 35.9 Å². The monoisotopic (exact) mass is 437 g/mol. The number of hydrogen-bond donors (Lipinski definition) is 1. The third kappa shape index (κ3) is 5.82. The Kier molecular flexibility index (Phi) is 8.70. The van der Waals surface area contributed by atoms with Crippen LogP contribution >= 0.6 is 0 Å². The molecule has 0 aliphatic carbocycles. The first-order valence-electron chi connectivity index (χ1n) is 9.27. The first kappa shape index (κ1) is 23.4. The summed E-state index contributed by atoms with van der Waals surface area (Å²) >= 11 is 0. The number of nitrogens with zero attached hydrogens (tertiary/aromatic N) is 4. The summed E-state index contributed by atoms with van der Waals surface area (Å²) in [6, 6.07) is -0.396. The summed E-state index contributed by atoms with van der Waals surface area (Å²) in [6.45, 7) is 3.09. The van der Waals surface area contributed by atoms with E-state index in [-0.39, 0.29) is 47.6 Å². The van der Waals surface area contributed by atoms with Crippen molar-refractivity contribution in [2.45, 2.75) is 51.2 Å². The third-order valence-corrected chi connectivity index (χ3v) is 5.90. The zero-order valence-corrected chi connectivity index (χ0v) is 18.2. The molecule has 2 aliphatic rings. The van der Waals surface area contributed by atoms with Gasteiger partial charge in [0.2, 0.25) is 0 Å². The Hall–Kier alpha value is -1.87. The molecule has 1 N–H and O–H groups in total. The van der Waals surface area contributed by atoms with Gasteiger partial charge in [-0.15, -0.1) is 4.74 Å². The number of rotatable bonds is 9. The largest absolute Gasteiger partial charge is 1.00 e. The van der Waals surface area contributed by atoms with Gasteiger partial charge in [0.05, 0.1) is 6.33 Å². The molecule has 0 aromatic carbocycles. The first-order chi connectivity index (χ1) is 13.5. The number of hydroxylamine groups is 1. The van der Waals surface area contributed by atoms with E-state index < -0.39 is 16.8 Å². The molecule has 2 radical (unpaired) electrons. The zero-order chi connectivity index (χ0) is 20.1. The molecular weight excluding hydrogens is 413 g/mol. The summed E-state index contributed by atoms with van der Waals surface area (Å²) < 4.78 is 32.1. The van der Waals surface area contributed by atoms with Crippen molar-refractivity contribution in [2.75, 3.05) is 13.2 Å². The zero-order valence-electron chi connectivity index (χ0n) is 16.2. The minimum Gasteiger partial charge on any atom is -0.615 e. The van der Waals surface area contributed by atoms with Crippen LogP contribution in [0.5, 0.6) is 0 Å². The van der Waals surface area contributed by atoms with E-state index in [2.05, 4.69) is 10.3 Å². The average molecular weight is 437 g/mol. The molecule has 29 heavy (non-hydrogen) atoms. The number of amides is 1. The number of ether oxygens (including phenoxy) is 1. The Morgan fingerprint density at radius 2 is 2.24 bits per heavy atom. The van der Waals surface area contributed by atoms with Crippen molar-refractivity contribution < 1.29 is 22.7 Å². The fourth-order valence-corrected chi connectivity index (χ4v) is 4.20. The Morgan fingerprint density at radius 3 is 2.90 bits per heavy atom. The number of aryl methyl sites for hydroxylation is 1. The summed E-state index contributed by atoms with van der Waals surface area (Å²) in [4.78, 5) is 16.0. The third-order valence-electron chi connectivity index (χ3n) is 4.90. The number of nitrogens with one attached hydrogen (secondary N) is 1. The summed E-state index contributed by atoms with van der Waals surface area (Å²) in [6.07, 6.45) is 9.70. The van der Waals surface area contributed by atoms with E-state index in [4.69, 9.17) is 4.74 Å². The molecule has 2 unspecified atom stereocenters. The predicted molar refractivity (Wildman–Crippen MR) is 106 cm³/mol. The quantitative estimate of drug-likeness (QED) is 0.195. The van der Waals surface area contributed by atoms with Crippen LogP contribution in [0, 0.1) is 5.21 Å². The van der Waals surface area contributed by atoms with Crippen LogP contribution in [0.1, 0.15) is 32.6 Å². The van der Waals surface area contributed by atoms with Crippen molar-refractivity contribution in [3.8, 4) is 0 Å². The minimum atomic E-state index is -2.33. The summed E-state index contributed by atoms with van der Waals surface area (Å²) in [5.41, 5.74) is -0.0149. The van der Waals surface area contributed by atoms with Crippen LogP contribution in [0.3, 0.4) is 0 Å². The van der Waals surface area contributed by atoms with Gasteiger partial charge in [-0.25, -0.2) is 4.98 Å². The number of piperidine rings is 1. The van der Waals surface area contributed by atoms with E-state index in [0.717, 1.165) is 19.4 Å². The standard InChI is InChI=1S/C17H24N5O5S.Al/c1-13-4-2-5-14(22(13)28(25)26)11-27-16-10-15(21(16)24)17(23)19-6-3-8-20-9-7-18-12-20;/h7,9-10,12-14H,2-6,8,11H2,1H3,(H,19,23);/q-1;+1. The van der Waals surface area contributed by atoms with Gasteiger partial charge >= 0.3 is 29.2 Å². The van der Waals surface area contributed by atoms with Crippen LogP contribution in [-0.2, 0) is 35.4 Å². The smallest absolute Gasteiger partial charge is 0.615 e. The van der Waals surface area contributed by atoms with Crippen LogP contribution in [0.4, 0.5) is 0 Å². The van der Waals surface area contributed by atoms with Crippen molar-refractivity contribution >= 4 is 39.9 Å². The summed E-state index contributed by atoms with van der Waals surface area (Å²) in [5, 5.41) is 14.7. The average Bonchev–Trinajstić information content (AvgIpc) is 3.17. The molecule has 0 bridgehead atoms. The Bertz CT molecular complexity index is 831. The maximum Gasteiger partial charge on any atom is 1.00 e. The second-order valence-electron chi connectivity index (χ2n) is 6.89. The van der Waals surface area contributed by atoms with Gasteiger partial charge in [-0.1, -0.05) is 13.3 Å². The molecule has 1 saturated heterocycles. The number of hydrogen-bond acceptors (Lipinski definition) is 7. The molecule has 156 valence electrons. The Balaban J connectivity index is 0.00000300. The van der Waals surface area contributed by atoms with Gasteiger partial charge in [-0.2, -0.15) is 0 Å². The SMILES string of the molecule is CC1CCCC(COC2=CC(C(=O)NCCCn3ccnc3)=[N+]2[O-])N1[S-](=O)=O.[Al+]. The van der Waals surface area contributed by atoms with Gasteiger partial charge < -0.3 is 32.6 Å². The number of aromatic nitrogens is 2. The molecule has 10 nitrogen and oxygen atoms in total. The molecule has 0 spiro atoms. The van der Waals surface area contributed by atoms with Crippen LogP contribution in [0.25, 0.3) is 0 Å². The molecular formula is C17H24AlN5O5S. The molecule has 2 aliphatic heterocycles. The van der Waals surface area contributed by atoms with E-state index >= 15 is 0 Å². The maximum atomic E-state index is 12.1. The van der Waals surface area contributed by atoms with Gasteiger partial charge in [0.25, 0.3) is 5.71 Å². The summed E-state index contributed by atoms with van der Waals surface area (Å²) in [7, 11) is -2.33. The van der Waals surface area contributed by atoms with Crippen molar-refractivity contribution in [1.29, 1.82) is 0 Å². The summed E-state index contributed by atoms with van der Waals surface area (Å²) in [5.74, 6) is -0.431. The fourth-order valence-electron chi connectivity index (χ4n) is 3.39. The van der Waals surface area contributed by atoms with Gasteiger partial charge in [-0.3, -0.25) is 4.79 Å². The van der Waals surface area contributed by atoms with Crippen molar-refractivity contribution in [3.63, 3.8) is 0 Å². The number of imidazole rings is 1. The maximum absolute atomic E-state index is 12.1. The Labute approximate surface area is 182 Å². The van der Waals surface area contributed by atoms with Crippen LogP contribution in [0.15, 0.2) is 30.7 Å². The predicted octanol–water partition coefficient (Wildman–Crippen LogP) is 0.299. The molecule has 12 heteroatoms. The van der Waals surface area contributed by atoms with E-state index in [1.165, 1.54) is 10.4 Å². The second kappa shape index (κ2) is 10.8. The van der Waals surface area contributed by atoms with E-state index in [0.29, 0.717) is 24.1 Å². The van der Waals surface area contributed by atoms with Crippen LogP contribution < -0.4 is 5.32 Å². The van der Waals surface area contributed by atoms with Crippen LogP contribution in [-0.4, -0.2) is 72.8 Å². The molecule has 3 rings (SSSR count). The molecule has 1 amide bonds.